The molecule has 0 amide bonds. The minimum absolute atomic E-state index is 0.00752. The largest absolute Gasteiger partial charge is 0.480 e. The second kappa shape index (κ2) is 6.18. The Morgan fingerprint density at radius 3 is 2.50 bits per heavy atom. The molecule has 0 unspecified atom stereocenters. The number of rotatable bonds is 6. The van der Waals surface area contributed by atoms with Crippen molar-refractivity contribution in [2.75, 3.05) is 5.32 Å². The molecule has 1 aromatic rings. The van der Waals surface area contributed by atoms with Crippen LogP contribution in [-0.4, -0.2) is 33.2 Å². The molecule has 1 aromatic heterocycles. The summed E-state index contributed by atoms with van der Waals surface area (Å²) in [6.45, 7) is 7.45. The summed E-state index contributed by atoms with van der Waals surface area (Å²) in [5.41, 5.74) is 0. The molecule has 0 radical (unpaired) electrons. The van der Waals surface area contributed by atoms with Crippen molar-refractivity contribution in [1.82, 2.24) is 9.97 Å². The lowest BCUT2D eigenvalue weighted by Gasteiger charge is -2.18. The monoisotopic (exact) mass is 253 g/mol. The van der Waals surface area contributed by atoms with E-state index in [9.17, 15) is 4.79 Å². The summed E-state index contributed by atoms with van der Waals surface area (Å²) in [7, 11) is 0. The third kappa shape index (κ3) is 4.20. The Bertz CT molecular complexity index is 407. The fourth-order valence-electron chi connectivity index (χ4n) is 1.40. The summed E-state index contributed by atoms with van der Waals surface area (Å²) in [4.78, 5) is 19.0. The number of hydrogen-bond acceptors (Lipinski definition) is 5. The minimum atomic E-state index is -0.907. The predicted octanol–water partition coefficient (Wildman–Crippen LogP) is 1.78. The van der Waals surface area contributed by atoms with E-state index in [1.807, 2.05) is 27.7 Å². The Morgan fingerprint density at radius 1 is 1.33 bits per heavy atom. The Hall–Kier alpha value is -1.85. The molecule has 0 aromatic carbocycles. The van der Waals surface area contributed by atoms with E-state index >= 15 is 0 Å². The molecule has 0 saturated heterocycles. The molecule has 0 aliphatic heterocycles. The van der Waals surface area contributed by atoms with Gasteiger partial charge >= 0.3 is 5.97 Å². The fourth-order valence-corrected chi connectivity index (χ4v) is 1.40. The van der Waals surface area contributed by atoms with Crippen molar-refractivity contribution >= 4 is 11.8 Å². The molecule has 2 N–H and O–H groups in total. The van der Waals surface area contributed by atoms with Crippen LogP contribution in [0.5, 0.6) is 5.88 Å². The van der Waals surface area contributed by atoms with Gasteiger partial charge in [-0.3, -0.25) is 0 Å². The second-order valence-electron chi connectivity index (χ2n) is 4.61. The first-order chi connectivity index (χ1) is 8.40. The molecule has 6 nitrogen and oxygen atoms in total. The molecular formula is C12H19N3O3. The van der Waals surface area contributed by atoms with Gasteiger partial charge in [0.25, 0.3) is 0 Å². The highest BCUT2D eigenvalue weighted by Gasteiger charge is 2.21. The maximum absolute atomic E-state index is 11.1. The van der Waals surface area contributed by atoms with E-state index in [-0.39, 0.29) is 12.0 Å². The van der Waals surface area contributed by atoms with Gasteiger partial charge in [0.2, 0.25) is 5.88 Å². The summed E-state index contributed by atoms with van der Waals surface area (Å²) in [5.74, 6) is -0.0842. The lowest BCUT2D eigenvalue weighted by atomic mass is 10.1. The van der Waals surface area contributed by atoms with E-state index in [2.05, 4.69) is 15.3 Å². The number of nitrogens with zero attached hydrogens (tertiary/aromatic N) is 2. The van der Waals surface area contributed by atoms with Crippen LogP contribution in [0.2, 0.25) is 0 Å². The van der Waals surface area contributed by atoms with Crippen LogP contribution >= 0.6 is 0 Å². The number of carboxylic acid groups (broad SMARTS) is 1. The third-order valence-corrected chi connectivity index (χ3v) is 2.23. The second-order valence-corrected chi connectivity index (χ2v) is 4.61. The summed E-state index contributed by atoms with van der Waals surface area (Å²) < 4.78 is 5.42. The van der Waals surface area contributed by atoms with E-state index < -0.39 is 12.0 Å². The fraction of sp³-hybridized carbons (Fsp3) is 0.583. The number of carbonyl (C=O) groups is 1. The zero-order valence-corrected chi connectivity index (χ0v) is 11.0. The number of nitrogens with one attached hydrogen (secondary N) is 1. The summed E-state index contributed by atoms with van der Waals surface area (Å²) in [5, 5.41) is 11.9. The number of ether oxygens (including phenoxy) is 1. The van der Waals surface area contributed by atoms with E-state index in [1.165, 1.54) is 6.33 Å². The summed E-state index contributed by atoms with van der Waals surface area (Å²) in [6.07, 6.45) is 1.35. The van der Waals surface area contributed by atoms with E-state index in [1.54, 1.807) is 6.07 Å². The van der Waals surface area contributed by atoms with Crippen molar-refractivity contribution in [2.24, 2.45) is 5.92 Å². The molecule has 0 saturated carbocycles. The number of hydrogen-bond donors (Lipinski definition) is 2. The van der Waals surface area contributed by atoms with Crippen LogP contribution in [0.15, 0.2) is 12.4 Å². The maximum atomic E-state index is 11.1. The molecule has 1 atom stereocenters. The number of carboxylic acids is 1. The Labute approximate surface area is 106 Å². The minimum Gasteiger partial charge on any atom is -0.480 e. The van der Waals surface area contributed by atoms with Crippen LogP contribution in [-0.2, 0) is 4.79 Å². The molecule has 18 heavy (non-hydrogen) atoms. The van der Waals surface area contributed by atoms with E-state index in [0.29, 0.717) is 11.7 Å². The van der Waals surface area contributed by atoms with Crippen molar-refractivity contribution in [3.63, 3.8) is 0 Å². The predicted molar refractivity (Wildman–Crippen MR) is 67.7 cm³/mol. The molecule has 1 rings (SSSR count). The van der Waals surface area contributed by atoms with Crippen molar-refractivity contribution < 1.29 is 14.6 Å². The van der Waals surface area contributed by atoms with Gasteiger partial charge in [0.05, 0.1) is 6.10 Å². The molecule has 0 bridgehead atoms. The highest BCUT2D eigenvalue weighted by atomic mass is 16.5. The van der Waals surface area contributed by atoms with Crippen LogP contribution in [0.25, 0.3) is 0 Å². The van der Waals surface area contributed by atoms with Crippen LogP contribution in [0.3, 0.4) is 0 Å². The number of aliphatic carboxylic acids is 1. The van der Waals surface area contributed by atoms with Crippen LogP contribution in [0.1, 0.15) is 27.7 Å². The average molecular weight is 253 g/mol. The third-order valence-electron chi connectivity index (χ3n) is 2.23. The average Bonchev–Trinajstić information content (AvgIpc) is 2.24. The Balaban J connectivity index is 2.80. The van der Waals surface area contributed by atoms with Gasteiger partial charge in [-0.2, -0.15) is 0 Å². The van der Waals surface area contributed by atoms with Crippen molar-refractivity contribution in [1.29, 1.82) is 0 Å². The van der Waals surface area contributed by atoms with Crippen LogP contribution in [0, 0.1) is 5.92 Å². The van der Waals surface area contributed by atoms with Crippen molar-refractivity contribution in [2.45, 2.75) is 39.8 Å². The zero-order valence-electron chi connectivity index (χ0n) is 11.0. The quantitative estimate of drug-likeness (QED) is 0.804. The molecule has 0 spiro atoms. The topological polar surface area (TPSA) is 84.3 Å². The zero-order chi connectivity index (χ0) is 13.7. The smallest absolute Gasteiger partial charge is 0.326 e. The van der Waals surface area contributed by atoms with Gasteiger partial charge in [0, 0.05) is 6.07 Å². The number of aromatic nitrogens is 2. The lowest BCUT2D eigenvalue weighted by Crippen LogP contribution is -2.34. The highest BCUT2D eigenvalue weighted by molar-refractivity contribution is 5.77. The van der Waals surface area contributed by atoms with Crippen molar-refractivity contribution in [3.8, 4) is 5.88 Å². The van der Waals surface area contributed by atoms with Gasteiger partial charge in [0.1, 0.15) is 18.2 Å². The molecular weight excluding hydrogens is 234 g/mol. The highest BCUT2D eigenvalue weighted by Crippen LogP contribution is 2.15. The summed E-state index contributed by atoms with van der Waals surface area (Å²) in [6, 6.07) is 0.907. The maximum Gasteiger partial charge on any atom is 0.326 e. The normalized spacial score (nSPS) is 12.6. The standard InChI is InChI=1S/C12H19N3O3/c1-7(2)11(12(16)17)15-9-5-10(14-6-13-9)18-8(3)4/h5-8,11H,1-4H3,(H,16,17)(H,13,14,15)/t11-/m0/s1. The molecule has 0 aliphatic carbocycles. The Kier molecular flexibility index (Phi) is 4.88. The summed E-state index contributed by atoms with van der Waals surface area (Å²) >= 11 is 0. The molecule has 100 valence electrons. The lowest BCUT2D eigenvalue weighted by molar-refractivity contribution is -0.138. The first kappa shape index (κ1) is 14.2. The molecule has 0 fully saturated rings. The van der Waals surface area contributed by atoms with Gasteiger partial charge in [-0.25, -0.2) is 14.8 Å². The van der Waals surface area contributed by atoms with Gasteiger partial charge in [-0.05, 0) is 19.8 Å². The van der Waals surface area contributed by atoms with Gasteiger partial charge in [-0.15, -0.1) is 0 Å². The molecule has 6 heteroatoms. The SMILES string of the molecule is CC(C)Oc1cc(N[C@H](C(=O)O)C(C)C)ncn1. The first-order valence-corrected chi connectivity index (χ1v) is 5.88. The van der Waals surface area contributed by atoms with Crippen molar-refractivity contribution in [3.05, 3.63) is 12.4 Å². The van der Waals surface area contributed by atoms with E-state index in [4.69, 9.17) is 9.84 Å². The van der Waals surface area contributed by atoms with E-state index in [0.717, 1.165) is 0 Å². The molecule has 1 heterocycles. The first-order valence-electron chi connectivity index (χ1n) is 5.88. The molecule has 0 aliphatic rings. The van der Waals surface area contributed by atoms with Gasteiger partial charge in [0.15, 0.2) is 0 Å². The van der Waals surface area contributed by atoms with Gasteiger partial charge < -0.3 is 15.2 Å². The Morgan fingerprint density at radius 2 is 2.00 bits per heavy atom. The number of anilines is 1. The van der Waals surface area contributed by atoms with Crippen LogP contribution < -0.4 is 10.1 Å². The van der Waals surface area contributed by atoms with Crippen LogP contribution in [0.4, 0.5) is 5.82 Å². The van der Waals surface area contributed by atoms with Gasteiger partial charge in [-0.1, -0.05) is 13.8 Å².